The van der Waals surface area contributed by atoms with Crippen molar-refractivity contribution in [3.63, 3.8) is 0 Å². The Morgan fingerprint density at radius 1 is 1.09 bits per heavy atom. The highest BCUT2D eigenvalue weighted by atomic mass is 16.2. The van der Waals surface area contributed by atoms with Crippen LogP contribution in [-0.2, 0) is 25.4 Å². The van der Waals surface area contributed by atoms with E-state index in [-0.39, 0.29) is 18.4 Å². The van der Waals surface area contributed by atoms with Crippen molar-refractivity contribution in [2.24, 2.45) is 14.1 Å². The van der Waals surface area contributed by atoms with Crippen LogP contribution in [0.1, 0.15) is 33.1 Å². The fourth-order valence-electron chi connectivity index (χ4n) is 2.40. The van der Waals surface area contributed by atoms with Crippen LogP contribution in [0.15, 0.2) is 6.07 Å². The van der Waals surface area contributed by atoms with Crippen LogP contribution in [0.2, 0.25) is 0 Å². The molecule has 2 rings (SSSR count). The van der Waals surface area contributed by atoms with Gasteiger partial charge in [-0.25, -0.2) is 0 Å². The van der Waals surface area contributed by atoms with Gasteiger partial charge in [0.2, 0.25) is 5.91 Å². The first-order valence-corrected chi connectivity index (χ1v) is 7.34. The van der Waals surface area contributed by atoms with Crippen molar-refractivity contribution >= 4 is 11.8 Å². The largest absolute Gasteiger partial charge is 0.350 e. The second-order valence-electron chi connectivity index (χ2n) is 5.53. The van der Waals surface area contributed by atoms with Crippen LogP contribution in [-0.4, -0.2) is 37.9 Å². The van der Waals surface area contributed by atoms with Gasteiger partial charge in [0.05, 0.1) is 17.9 Å². The van der Waals surface area contributed by atoms with Crippen LogP contribution in [0.3, 0.4) is 0 Å². The SMILES string of the molecule is Cc1cc(C(=O)NCC(=O)NCc2c(C)nn(C)c2C)n(C)n1. The predicted octanol–water partition coefficient (Wildman–Crippen LogP) is 0.125. The van der Waals surface area contributed by atoms with Crippen molar-refractivity contribution in [1.82, 2.24) is 30.2 Å². The zero-order valence-corrected chi connectivity index (χ0v) is 14.1. The van der Waals surface area contributed by atoms with Gasteiger partial charge in [-0.3, -0.25) is 19.0 Å². The monoisotopic (exact) mass is 318 g/mol. The fraction of sp³-hybridized carbons (Fsp3) is 0.467. The van der Waals surface area contributed by atoms with E-state index in [0.29, 0.717) is 12.2 Å². The van der Waals surface area contributed by atoms with Gasteiger partial charge >= 0.3 is 0 Å². The summed E-state index contributed by atoms with van der Waals surface area (Å²) in [4.78, 5) is 23.9. The summed E-state index contributed by atoms with van der Waals surface area (Å²) in [6.07, 6.45) is 0. The summed E-state index contributed by atoms with van der Waals surface area (Å²) in [7, 11) is 3.56. The minimum Gasteiger partial charge on any atom is -0.350 e. The van der Waals surface area contributed by atoms with E-state index in [0.717, 1.165) is 22.6 Å². The summed E-state index contributed by atoms with van der Waals surface area (Å²) in [5, 5.41) is 13.8. The van der Waals surface area contributed by atoms with Gasteiger partial charge in [0.25, 0.3) is 5.91 Å². The molecule has 2 aromatic rings. The molecule has 0 spiro atoms. The maximum atomic E-state index is 12.0. The average molecular weight is 318 g/mol. The number of hydrogen-bond acceptors (Lipinski definition) is 4. The van der Waals surface area contributed by atoms with Crippen LogP contribution >= 0.6 is 0 Å². The molecular formula is C15H22N6O2. The van der Waals surface area contributed by atoms with E-state index >= 15 is 0 Å². The van der Waals surface area contributed by atoms with Crippen LogP contribution in [0.5, 0.6) is 0 Å². The summed E-state index contributed by atoms with van der Waals surface area (Å²) in [5.74, 6) is -0.572. The molecule has 2 heterocycles. The third-order valence-corrected chi connectivity index (χ3v) is 3.77. The maximum absolute atomic E-state index is 12.0. The number of aromatic nitrogens is 4. The molecule has 0 aromatic carbocycles. The van der Waals surface area contributed by atoms with E-state index in [9.17, 15) is 9.59 Å². The number of aryl methyl sites for hydroxylation is 4. The Bertz CT molecular complexity index is 743. The first kappa shape index (κ1) is 16.7. The van der Waals surface area contributed by atoms with Crippen molar-refractivity contribution in [1.29, 1.82) is 0 Å². The molecule has 0 aliphatic heterocycles. The van der Waals surface area contributed by atoms with E-state index < -0.39 is 0 Å². The van der Waals surface area contributed by atoms with E-state index in [1.807, 2.05) is 27.8 Å². The van der Waals surface area contributed by atoms with Crippen LogP contribution in [0.25, 0.3) is 0 Å². The number of carbonyl (C=O) groups excluding carboxylic acids is 2. The Labute approximate surface area is 134 Å². The lowest BCUT2D eigenvalue weighted by atomic mass is 10.2. The number of rotatable bonds is 5. The normalized spacial score (nSPS) is 10.7. The van der Waals surface area contributed by atoms with Gasteiger partial charge in [-0.05, 0) is 26.8 Å². The zero-order chi connectivity index (χ0) is 17.1. The summed E-state index contributed by atoms with van der Waals surface area (Å²) >= 11 is 0. The smallest absolute Gasteiger partial charge is 0.269 e. The van der Waals surface area contributed by atoms with Crippen molar-refractivity contribution in [2.45, 2.75) is 27.3 Å². The van der Waals surface area contributed by atoms with Gasteiger partial charge in [0, 0.05) is 31.9 Å². The van der Waals surface area contributed by atoms with Crippen LogP contribution in [0, 0.1) is 20.8 Å². The minimum atomic E-state index is -0.322. The van der Waals surface area contributed by atoms with Crippen molar-refractivity contribution in [3.8, 4) is 0 Å². The quantitative estimate of drug-likeness (QED) is 0.819. The molecule has 2 N–H and O–H groups in total. The highest BCUT2D eigenvalue weighted by Crippen LogP contribution is 2.10. The molecule has 23 heavy (non-hydrogen) atoms. The van der Waals surface area contributed by atoms with Crippen LogP contribution in [0.4, 0.5) is 0 Å². The lowest BCUT2D eigenvalue weighted by Gasteiger charge is -2.07. The van der Waals surface area contributed by atoms with E-state index in [4.69, 9.17) is 0 Å². The zero-order valence-electron chi connectivity index (χ0n) is 14.1. The number of amides is 2. The maximum Gasteiger partial charge on any atom is 0.269 e. The fourth-order valence-corrected chi connectivity index (χ4v) is 2.40. The number of hydrogen-bond donors (Lipinski definition) is 2. The molecule has 0 fully saturated rings. The Balaban J connectivity index is 1.86. The highest BCUT2D eigenvalue weighted by molar-refractivity contribution is 5.95. The first-order valence-electron chi connectivity index (χ1n) is 7.34. The second kappa shape index (κ2) is 6.64. The van der Waals surface area contributed by atoms with Crippen molar-refractivity contribution < 1.29 is 9.59 Å². The number of nitrogens with one attached hydrogen (secondary N) is 2. The van der Waals surface area contributed by atoms with Crippen LogP contribution < -0.4 is 10.6 Å². The molecule has 0 aliphatic carbocycles. The minimum absolute atomic E-state index is 0.0819. The van der Waals surface area contributed by atoms with Crippen molar-refractivity contribution in [3.05, 3.63) is 34.4 Å². The Morgan fingerprint density at radius 2 is 1.78 bits per heavy atom. The van der Waals surface area contributed by atoms with Gasteiger partial charge in [0.15, 0.2) is 0 Å². The Kier molecular flexibility index (Phi) is 4.83. The van der Waals surface area contributed by atoms with E-state index in [1.165, 1.54) is 4.68 Å². The molecule has 2 aromatic heterocycles. The standard InChI is InChI=1S/C15H22N6O2/c1-9-6-13(21(5)18-9)15(23)17-8-14(22)16-7-12-10(2)19-20(4)11(12)3/h6H,7-8H2,1-5H3,(H,16,22)(H,17,23). The molecule has 0 atom stereocenters. The molecule has 124 valence electrons. The van der Waals surface area contributed by atoms with Gasteiger partial charge in [-0.2, -0.15) is 10.2 Å². The predicted molar refractivity (Wildman–Crippen MR) is 84.8 cm³/mol. The third kappa shape index (κ3) is 3.77. The average Bonchev–Trinajstić information content (AvgIpc) is 2.94. The molecular weight excluding hydrogens is 296 g/mol. The third-order valence-electron chi connectivity index (χ3n) is 3.77. The Hall–Kier alpha value is -2.64. The van der Waals surface area contributed by atoms with Gasteiger partial charge in [-0.1, -0.05) is 0 Å². The molecule has 8 heteroatoms. The molecule has 0 unspecified atom stereocenters. The lowest BCUT2D eigenvalue weighted by Crippen LogP contribution is -2.37. The van der Waals surface area contributed by atoms with E-state index in [1.54, 1.807) is 17.8 Å². The Morgan fingerprint density at radius 3 is 2.30 bits per heavy atom. The molecule has 8 nitrogen and oxygen atoms in total. The van der Waals surface area contributed by atoms with Gasteiger partial charge in [-0.15, -0.1) is 0 Å². The summed E-state index contributed by atoms with van der Waals surface area (Å²) in [6.45, 7) is 5.98. The van der Waals surface area contributed by atoms with Gasteiger partial charge < -0.3 is 10.6 Å². The topological polar surface area (TPSA) is 93.8 Å². The summed E-state index contributed by atoms with van der Waals surface area (Å²) in [6, 6.07) is 1.68. The summed E-state index contributed by atoms with van der Waals surface area (Å²) in [5.41, 5.74) is 4.07. The summed E-state index contributed by atoms with van der Waals surface area (Å²) < 4.78 is 3.27. The number of nitrogens with zero attached hydrogens (tertiary/aromatic N) is 4. The first-order chi connectivity index (χ1) is 10.8. The molecule has 0 radical (unpaired) electrons. The van der Waals surface area contributed by atoms with Crippen molar-refractivity contribution in [2.75, 3.05) is 6.54 Å². The van der Waals surface area contributed by atoms with Gasteiger partial charge in [0.1, 0.15) is 5.69 Å². The molecule has 2 amide bonds. The second-order valence-corrected chi connectivity index (χ2v) is 5.53. The molecule has 0 aliphatic rings. The highest BCUT2D eigenvalue weighted by Gasteiger charge is 2.14. The van der Waals surface area contributed by atoms with E-state index in [2.05, 4.69) is 20.8 Å². The lowest BCUT2D eigenvalue weighted by molar-refractivity contribution is -0.120. The number of carbonyl (C=O) groups is 2. The molecule has 0 bridgehead atoms. The molecule has 0 saturated heterocycles. The molecule has 0 saturated carbocycles.